The van der Waals surface area contributed by atoms with Gasteiger partial charge in [0.1, 0.15) is 0 Å². The Labute approximate surface area is 93.6 Å². The zero-order valence-corrected chi connectivity index (χ0v) is 9.64. The number of carbonyl (C=O) groups is 1. The molecule has 5 heteroatoms. The third-order valence-corrected chi connectivity index (χ3v) is 3.48. The summed E-state index contributed by atoms with van der Waals surface area (Å²) in [5.74, 6) is 1.22. The molecule has 0 bridgehead atoms. The topological polar surface area (TPSA) is 53.8 Å². The highest BCUT2D eigenvalue weighted by molar-refractivity contribution is 8.15. The molecule has 1 aliphatic carbocycles. The molecule has 1 amide bonds. The molecule has 4 nitrogen and oxygen atoms in total. The third kappa shape index (κ3) is 3.06. The van der Waals surface area contributed by atoms with Gasteiger partial charge in [-0.15, -0.1) is 5.10 Å². The Hall–Kier alpha value is -0.840. The predicted molar refractivity (Wildman–Crippen MR) is 63.1 cm³/mol. The highest BCUT2D eigenvalue weighted by atomic mass is 32.2. The number of carbonyl (C=O) groups excluding carboxylic acids is 1. The fraction of sp³-hybridized carbons (Fsp3) is 0.700. The van der Waals surface area contributed by atoms with E-state index in [9.17, 15) is 4.79 Å². The van der Waals surface area contributed by atoms with Gasteiger partial charge in [-0.1, -0.05) is 18.7 Å². The van der Waals surface area contributed by atoms with E-state index in [0.717, 1.165) is 18.8 Å². The van der Waals surface area contributed by atoms with Gasteiger partial charge in [0.05, 0.1) is 5.75 Å². The van der Waals surface area contributed by atoms with Crippen LogP contribution in [0.5, 0.6) is 0 Å². The second-order valence-electron chi connectivity index (χ2n) is 4.11. The zero-order chi connectivity index (χ0) is 10.7. The first-order chi connectivity index (χ1) is 7.24. The highest BCUT2D eigenvalue weighted by Crippen LogP contribution is 2.21. The fourth-order valence-electron chi connectivity index (χ4n) is 1.85. The lowest BCUT2D eigenvalue weighted by Crippen LogP contribution is -2.20. The van der Waals surface area contributed by atoms with Crippen LogP contribution in [0.15, 0.2) is 10.2 Å². The van der Waals surface area contributed by atoms with Crippen LogP contribution in [0.2, 0.25) is 0 Å². The van der Waals surface area contributed by atoms with Gasteiger partial charge in [0.25, 0.3) is 0 Å². The van der Waals surface area contributed by atoms with Crippen molar-refractivity contribution in [2.45, 2.75) is 32.6 Å². The largest absolute Gasteiger partial charge is 0.303 e. The second-order valence-corrected chi connectivity index (χ2v) is 5.07. The first-order valence-electron chi connectivity index (χ1n) is 5.30. The van der Waals surface area contributed by atoms with E-state index in [1.54, 1.807) is 0 Å². The predicted octanol–water partition coefficient (Wildman–Crippen LogP) is 1.77. The monoisotopic (exact) mass is 225 g/mol. The lowest BCUT2D eigenvalue weighted by Gasteiger charge is -2.17. The van der Waals surface area contributed by atoms with E-state index < -0.39 is 0 Å². The van der Waals surface area contributed by atoms with Crippen molar-refractivity contribution in [3.8, 4) is 0 Å². The molecule has 0 radical (unpaired) electrons. The van der Waals surface area contributed by atoms with Gasteiger partial charge >= 0.3 is 0 Å². The number of hydrogen-bond donors (Lipinski definition) is 1. The highest BCUT2D eigenvalue weighted by Gasteiger charge is 2.17. The summed E-state index contributed by atoms with van der Waals surface area (Å²) in [7, 11) is 0. The number of rotatable bonds is 1. The van der Waals surface area contributed by atoms with Gasteiger partial charge in [0.2, 0.25) is 5.91 Å². The average Bonchev–Trinajstić information content (AvgIpc) is 2.62. The maximum atomic E-state index is 10.9. The molecule has 1 saturated heterocycles. The fourth-order valence-corrected chi connectivity index (χ4v) is 2.47. The van der Waals surface area contributed by atoms with Crippen molar-refractivity contribution in [2.24, 2.45) is 16.1 Å². The molecule has 0 aromatic carbocycles. The van der Waals surface area contributed by atoms with Crippen molar-refractivity contribution < 1.29 is 4.79 Å². The summed E-state index contributed by atoms with van der Waals surface area (Å²) in [5, 5.41) is 11.6. The molecule has 82 valence electrons. The van der Waals surface area contributed by atoms with E-state index in [1.807, 2.05) is 0 Å². The molecule has 0 aromatic rings. The Kier molecular flexibility index (Phi) is 3.41. The summed E-state index contributed by atoms with van der Waals surface area (Å²) in [5.41, 5.74) is 1.17. The van der Waals surface area contributed by atoms with Gasteiger partial charge in [-0.05, 0) is 31.6 Å². The number of nitrogens with zero attached hydrogens (tertiary/aromatic N) is 2. The van der Waals surface area contributed by atoms with E-state index in [2.05, 4.69) is 22.4 Å². The van der Waals surface area contributed by atoms with Crippen molar-refractivity contribution in [2.75, 3.05) is 5.75 Å². The van der Waals surface area contributed by atoms with Crippen LogP contribution < -0.4 is 5.32 Å². The first kappa shape index (κ1) is 10.7. The van der Waals surface area contributed by atoms with E-state index in [-0.39, 0.29) is 5.91 Å². The summed E-state index contributed by atoms with van der Waals surface area (Å²) >= 11 is 1.42. The van der Waals surface area contributed by atoms with E-state index in [4.69, 9.17) is 0 Å². The number of hydrogen-bond acceptors (Lipinski definition) is 4. The van der Waals surface area contributed by atoms with Crippen molar-refractivity contribution in [1.82, 2.24) is 5.32 Å². The standard InChI is InChI=1S/C10H15N3OS/c1-7-3-2-4-8(5-7)12-13-10-11-9(14)6-15-10/h7H,2-6H2,1H3,(H,11,13,14)/b12-8-. The Balaban J connectivity index is 1.95. The number of thioether (sulfide) groups is 1. The summed E-state index contributed by atoms with van der Waals surface area (Å²) in [6.07, 6.45) is 4.61. The minimum atomic E-state index is 0.0240. The molecule has 2 rings (SSSR count). The molecule has 1 heterocycles. The van der Waals surface area contributed by atoms with Crippen LogP contribution in [0, 0.1) is 5.92 Å². The average molecular weight is 225 g/mol. The lowest BCUT2D eigenvalue weighted by atomic mass is 9.89. The van der Waals surface area contributed by atoms with Gasteiger partial charge in [-0.25, -0.2) is 0 Å². The van der Waals surface area contributed by atoms with E-state index in [0.29, 0.717) is 10.9 Å². The molecule has 2 aliphatic rings. The van der Waals surface area contributed by atoms with Gasteiger partial charge in [-0.2, -0.15) is 5.10 Å². The molecule has 15 heavy (non-hydrogen) atoms. The molecule has 1 saturated carbocycles. The Morgan fingerprint density at radius 1 is 1.47 bits per heavy atom. The Morgan fingerprint density at radius 2 is 2.33 bits per heavy atom. The Morgan fingerprint density at radius 3 is 3.00 bits per heavy atom. The van der Waals surface area contributed by atoms with Crippen molar-refractivity contribution in [3.63, 3.8) is 0 Å². The summed E-state index contributed by atoms with van der Waals surface area (Å²) in [4.78, 5) is 10.9. The summed E-state index contributed by atoms with van der Waals surface area (Å²) in [6, 6.07) is 0. The molecule has 0 spiro atoms. The van der Waals surface area contributed by atoms with Crippen LogP contribution >= 0.6 is 11.8 Å². The molecule has 1 aliphatic heterocycles. The van der Waals surface area contributed by atoms with Crippen LogP contribution in [0.3, 0.4) is 0 Å². The molecule has 0 aromatic heterocycles. The lowest BCUT2D eigenvalue weighted by molar-refractivity contribution is -0.116. The Bertz CT molecular complexity index is 325. The molecule has 1 unspecified atom stereocenters. The molecular weight excluding hydrogens is 210 g/mol. The minimum Gasteiger partial charge on any atom is -0.303 e. The van der Waals surface area contributed by atoms with E-state index in [1.165, 1.54) is 30.3 Å². The number of amides is 1. The minimum absolute atomic E-state index is 0.0240. The maximum absolute atomic E-state index is 10.9. The first-order valence-corrected chi connectivity index (χ1v) is 6.28. The second kappa shape index (κ2) is 4.79. The van der Waals surface area contributed by atoms with Gasteiger partial charge in [0, 0.05) is 5.71 Å². The molecular formula is C10H15N3OS. The van der Waals surface area contributed by atoms with E-state index >= 15 is 0 Å². The smallest absolute Gasteiger partial charge is 0.236 e. The molecule has 1 N–H and O–H groups in total. The van der Waals surface area contributed by atoms with Crippen molar-refractivity contribution in [3.05, 3.63) is 0 Å². The SMILES string of the molecule is CC1CCC/C(=N/N=C2\NC(=O)CS2)C1. The quantitative estimate of drug-likeness (QED) is 0.691. The van der Waals surface area contributed by atoms with Gasteiger partial charge in [-0.3, -0.25) is 4.79 Å². The van der Waals surface area contributed by atoms with Crippen LogP contribution in [-0.2, 0) is 4.79 Å². The van der Waals surface area contributed by atoms with Crippen LogP contribution in [-0.4, -0.2) is 22.5 Å². The zero-order valence-electron chi connectivity index (χ0n) is 8.82. The van der Waals surface area contributed by atoms with Crippen molar-refractivity contribution in [1.29, 1.82) is 0 Å². The number of amidine groups is 1. The normalized spacial score (nSPS) is 32.3. The van der Waals surface area contributed by atoms with Gasteiger partial charge in [0.15, 0.2) is 5.17 Å². The van der Waals surface area contributed by atoms with Crippen LogP contribution in [0.4, 0.5) is 0 Å². The number of nitrogens with one attached hydrogen (secondary N) is 1. The van der Waals surface area contributed by atoms with Crippen LogP contribution in [0.25, 0.3) is 0 Å². The summed E-state index contributed by atoms with van der Waals surface area (Å²) < 4.78 is 0. The summed E-state index contributed by atoms with van der Waals surface area (Å²) in [6.45, 7) is 2.24. The van der Waals surface area contributed by atoms with Crippen molar-refractivity contribution >= 4 is 28.5 Å². The van der Waals surface area contributed by atoms with Crippen LogP contribution in [0.1, 0.15) is 32.6 Å². The molecule has 1 atom stereocenters. The third-order valence-electron chi connectivity index (χ3n) is 2.61. The van der Waals surface area contributed by atoms with Gasteiger partial charge < -0.3 is 5.32 Å². The maximum Gasteiger partial charge on any atom is 0.236 e. The molecule has 2 fully saturated rings.